The zero-order chi connectivity index (χ0) is 5.70. The van der Waals surface area contributed by atoms with E-state index in [4.69, 9.17) is 9.84 Å². The van der Waals surface area contributed by atoms with E-state index in [2.05, 4.69) is 0 Å². The van der Waals surface area contributed by atoms with Crippen LogP contribution in [-0.4, -0.2) is 25.4 Å². The van der Waals surface area contributed by atoms with Crippen LogP contribution in [-0.2, 0) is 4.74 Å². The summed E-state index contributed by atoms with van der Waals surface area (Å²) in [5.74, 6) is 0.282. The highest BCUT2D eigenvalue weighted by Gasteiger charge is 1.94. The highest BCUT2D eigenvalue weighted by molar-refractivity contribution is 4.43. The predicted molar refractivity (Wildman–Crippen MR) is 28.1 cm³/mol. The van der Waals surface area contributed by atoms with Gasteiger partial charge in [-0.2, -0.15) is 0 Å². The number of rotatable bonds is 3. The first-order valence-electron chi connectivity index (χ1n) is 2.41. The van der Waals surface area contributed by atoms with Gasteiger partial charge in [-0.15, -0.1) is 0 Å². The molecule has 0 rings (SSSR count). The summed E-state index contributed by atoms with van der Waals surface area (Å²) in [7, 11) is 1.63. The number of aliphatic hydroxyl groups is 1. The van der Waals surface area contributed by atoms with Gasteiger partial charge in [-0.1, -0.05) is 6.92 Å². The zero-order valence-corrected chi connectivity index (χ0v) is 4.85. The molecule has 7 heavy (non-hydrogen) atoms. The van der Waals surface area contributed by atoms with Gasteiger partial charge in [0.1, 0.15) is 0 Å². The summed E-state index contributed by atoms with van der Waals surface area (Å²) >= 11 is 0. The maximum absolute atomic E-state index is 8.39. The molecule has 0 heterocycles. The maximum atomic E-state index is 8.39. The molecule has 2 heteroatoms. The van der Waals surface area contributed by atoms with Crippen molar-refractivity contribution in [1.29, 1.82) is 0 Å². The number of hydrogen-bond acceptors (Lipinski definition) is 2. The smallest absolute Gasteiger partial charge is 0.0509 e. The average Bonchev–Trinajstić information content (AvgIpc) is 1.68. The SMILES string of the molecule is COC[C@H](C)CO. The van der Waals surface area contributed by atoms with Gasteiger partial charge < -0.3 is 9.84 Å². The van der Waals surface area contributed by atoms with Gasteiger partial charge in [0.15, 0.2) is 0 Å². The van der Waals surface area contributed by atoms with Crippen LogP contribution in [0.5, 0.6) is 0 Å². The first-order valence-corrected chi connectivity index (χ1v) is 2.41. The van der Waals surface area contributed by atoms with Gasteiger partial charge in [-0.3, -0.25) is 0 Å². The minimum Gasteiger partial charge on any atom is -0.396 e. The van der Waals surface area contributed by atoms with E-state index in [0.717, 1.165) is 0 Å². The quantitative estimate of drug-likeness (QED) is 0.556. The van der Waals surface area contributed by atoms with Crippen LogP contribution in [0, 0.1) is 5.92 Å². The Balaban J connectivity index is 2.83. The fraction of sp³-hybridized carbons (Fsp3) is 1.00. The normalized spacial score (nSPS) is 14.1. The molecular formula is C5H12O2. The van der Waals surface area contributed by atoms with E-state index in [0.29, 0.717) is 6.61 Å². The van der Waals surface area contributed by atoms with Crippen molar-refractivity contribution in [3.8, 4) is 0 Å². The Bertz CT molecular complexity index is 37.1. The van der Waals surface area contributed by atoms with Crippen molar-refractivity contribution in [3.05, 3.63) is 0 Å². The highest BCUT2D eigenvalue weighted by atomic mass is 16.5. The lowest BCUT2D eigenvalue weighted by molar-refractivity contribution is 0.119. The molecule has 1 atom stereocenters. The number of ether oxygens (including phenoxy) is 1. The lowest BCUT2D eigenvalue weighted by atomic mass is 10.2. The first kappa shape index (κ1) is 6.92. The average molecular weight is 104 g/mol. The molecule has 0 radical (unpaired) electrons. The van der Waals surface area contributed by atoms with E-state index in [1.54, 1.807) is 7.11 Å². The molecule has 0 fully saturated rings. The molecular weight excluding hydrogens is 92.1 g/mol. The van der Waals surface area contributed by atoms with Crippen LogP contribution in [0.1, 0.15) is 6.92 Å². The number of hydrogen-bond donors (Lipinski definition) is 1. The van der Waals surface area contributed by atoms with Crippen LogP contribution in [0.25, 0.3) is 0 Å². The summed E-state index contributed by atoms with van der Waals surface area (Å²) < 4.78 is 4.73. The van der Waals surface area contributed by atoms with Gasteiger partial charge in [0.25, 0.3) is 0 Å². The van der Waals surface area contributed by atoms with Crippen LogP contribution in [0.15, 0.2) is 0 Å². The van der Waals surface area contributed by atoms with E-state index in [1.807, 2.05) is 6.92 Å². The summed E-state index contributed by atoms with van der Waals surface area (Å²) in [6, 6.07) is 0. The molecule has 0 aromatic rings. The van der Waals surface area contributed by atoms with Crippen molar-refractivity contribution < 1.29 is 9.84 Å². The third-order valence-corrected chi connectivity index (χ3v) is 0.763. The van der Waals surface area contributed by atoms with Gasteiger partial charge in [-0.05, 0) is 0 Å². The second-order valence-corrected chi connectivity index (χ2v) is 1.74. The van der Waals surface area contributed by atoms with E-state index < -0.39 is 0 Å². The Labute approximate surface area is 44.1 Å². The van der Waals surface area contributed by atoms with Gasteiger partial charge in [0.05, 0.1) is 6.61 Å². The second-order valence-electron chi connectivity index (χ2n) is 1.74. The molecule has 2 nitrogen and oxygen atoms in total. The molecule has 44 valence electrons. The Morgan fingerprint density at radius 1 is 1.71 bits per heavy atom. The standard InChI is InChI=1S/C5H12O2/c1-5(3-6)4-7-2/h5-6H,3-4H2,1-2H3/t5-/m1/s1. The monoisotopic (exact) mass is 104 g/mol. The second kappa shape index (κ2) is 4.09. The Hall–Kier alpha value is -0.0800. The van der Waals surface area contributed by atoms with E-state index >= 15 is 0 Å². The minimum atomic E-state index is 0.216. The Morgan fingerprint density at radius 2 is 2.29 bits per heavy atom. The van der Waals surface area contributed by atoms with E-state index in [1.165, 1.54) is 0 Å². The Morgan fingerprint density at radius 3 is 2.43 bits per heavy atom. The lowest BCUT2D eigenvalue weighted by Gasteiger charge is -2.02. The molecule has 0 saturated heterocycles. The first-order chi connectivity index (χ1) is 3.31. The molecule has 0 spiro atoms. The van der Waals surface area contributed by atoms with Crippen molar-refractivity contribution in [3.63, 3.8) is 0 Å². The predicted octanol–water partition coefficient (Wildman–Crippen LogP) is 0.261. The van der Waals surface area contributed by atoms with Gasteiger partial charge in [-0.25, -0.2) is 0 Å². The topological polar surface area (TPSA) is 29.5 Å². The van der Waals surface area contributed by atoms with Crippen molar-refractivity contribution in [1.82, 2.24) is 0 Å². The molecule has 0 saturated carbocycles. The summed E-state index contributed by atoms with van der Waals surface area (Å²) in [5, 5.41) is 8.39. The third kappa shape index (κ3) is 3.76. The molecule has 0 amide bonds. The van der Waals surface area contributed by atoms with Crippen LogP contribution in [0.3, 0.4) is 0 Å². The summed E-state index contributed by atoms with van der Waals surface area (Å²) in [6.45, 7) is 2.80. The van der Waals surface area contributed by atoms with Gasteiger partial charge in [0, 0.05) is 19.6 Å². The van der Waals surface area contributed by atoms with Gasteiger partial charge in [0.2, 0.25) is 0 Å². The zero-order valence-electron chi connectivity index (χ0n) is 4.85. The number of aliphatic hydroxyl groups excluding tert-OH is 1. The van der Waals surface area contributed by atoms with Crippen LogP contribution < -0.4 is 0 Å². The van der Waals surface area contributed by atoms with E-state index in [-0.39, 0.29) is 12.5 Å². The molecule has 0 aliphatic rings. The van der Waals surface area contributed by atoms with Crippen LogP contribution in [0.2, 0.25) is 0 Å². The highest BCUT2D eigenvalue weighted by Crippen LogP contribution is 1.89. The van der Waals surface area contributed by atoms with E-state index in [9.17, 15) is 0 Å². The van der Waals surface area contributed by atoms with Crippen LogP contribution >= 0.6 is 0 Å². The largest absolute Gasteiger partial charge is 0.396 e. The van der Waals surface area contributed by atoms with Gasteiger partial charge >= 0.3 is 0 Å². The molecule has 0 aliphatic heterocycles. The molecule has 0 aromatic carbocycles. The van der Waals surface area contributed by atoms with Crippen LogP contribution in [0.4, 0.5) is 0 Å². The Kier molecular flexibility index (Phi) is 4.04. The summed E-state index contributed by atoms with van der Waals surface area (Å²) in [4.78, 5) is 0. The van der Waals surface area contributed by atoms with Crippen molar-refractivity contribution >= 4 is 0 Å². The summed E-state index contributed by atoms with van der Waals surface area (Å²) in [6.07, 6.45) is 0. The maximum Gasteiger partial charge on any atom is 0.0509 e. The third-order valence-electron chi connectivity index (χ3n) is 0.763. The lowest BCUT2D eigenvalue weighted by Crippen LogP contribution is -2.07. The molecule has 0 aliphatic carbocycles. The fourth-order valence-electron chi connectivity index (χ4n) is 0.337. The fourth-order valence-corrected chi connectivity index (χ4v) is 0.337. The van der Waals surface area contributed by atoms with Crippen molar-refractivity contribution in [2.45, 2.75) is 6.92 Å². The molecule has 1 N–H and O–H groups in total. The molecule has 0 unspecified atom stereocenters. The minimum absolute atomic E-state index is 0.216. The molecule has 0 aromatic heterocycles. The molecule has 0 bridgehead atoms. The van der Waals surface area contributed by atoms with Crippen molar-refractivity contribution in [2.24, 2.45) is 5.92 Å². The number of methoxy groups -OCH3 is 1. The summed E-state index contributed by atoms with van der Waals surface area (Å²) in [5.41, 5.74) is 0. The van der Waals surface area contributed by atoms with Crippen molar-refractivity contribution in [2.75, 3.05) is 20.3 Å².